The molecule has 3 nitrogen and oxygen atoms in total. The number of hydrogen-bond donors (Lipinski definition) is 0. The second-order valence-electron chi connectivity index (χ2n) is 0. The van der Waals surface area contributed by atoms with Crippen molar-refractivity contribution in [2.75, 3.05) is 0 Å². The van der Waals surface area contributed by atoms with Crippen LogP contribution in [0.2, 0.25) is 0 Å². The molecule has 24 valence electrons. The number of rotatable bonds is 0. The largest absolute Gasteiger partial charge is 2.00 e. The SMILES string of the molecule is O.O.[O-2].[Sr+2]. The smallest absolute Gasteiger partial charge is 2.00 e. The predicted molar refractivity (Wildman–Crippen MR) is 13.7 cm³/mol. The van der Waals surface area contributed by atoms with E-state index in [1.165, 1.54) is 0 Å². The van der Waals surface area contributed by atoms with Crippen LogP contribution in [-0.2, 0) is 5.48 Å². The van der Waals surface area contributed by atoms with Crippen molar-refractivity contribution in [2.45, 2.75) is 0 Å². The molecule has 0 rings (SSSR count). The average Bonchev–Trinajstić information content (AvgIpc) is 0. The molecule has 0 fully saturated rings. The second kappa shape index (κ2) is 26.6. The fraction of sp³-hybridized carbons (Fsp3) is 0. The third-order valence-corrected chi connectivity index (χ3v) is 0. The van der Waals surface area contributed by atoms with Gasteiger partial charge in [-0.3, -0.25) is 0 Å². The Kier molecular flexibility index (Phi) is 366. The van der Waals surface area contributed by atoms with Crippen LogP contribution in [0.4, 0.5) is 0 Å². The summed E-state index contributed by atoms with van der Waals surface area (Å²) in [6, 6.07) is 0. The molecule has 4 heteroatoms. The van der Waals surface area contributed by atoms with E-state index >= 15 is 0 Å². The first-order chi connectivity index (χ1) is 0. The first-order valence-corrected chi connectivity index (χ1v) is 0. The minimum atomic E-state index is 0. The molecule has 0 amide bonds. The number of hydrogen-bond acceptors (Lipinski definition) is 0. The van der Waals surface area contributed by atoms with E-state index < -0.39 is 0 Å². The normalized spacial score (nSPS) is 0. The van der Waals surface area contributed by atoms with Crippen LogP contribution in [0.1, 0.15) is 0 Å². The summed E-state index contributed by atoms with van der Waals surface area (Å²) in [6.07, 6.45) is 0. The van der Waals surface area contributed by atoms with Gasteiger partial charge in [-0.25, -0.2) is 0 Å². The van der Waals surface area contributed by atoms with Gasteiger partial charge in [-0.15, -0.1) is 0 Å². The zero-order valence-corrected chi connectivity index (χ0v) is 5.59. The summed E-state index contributed by atoms with van der Waals surface area (Å²) in [5.74, 6) is 0. The molecule has 0 aliphatic heterocycles. The fourth-order valence-electron chi connectivity index (χ4n) is 0. The monoisotopic (exact) mass is 140 g/mol. The zero-order valence-electron chi connectivity index (χ0n) is 2.12. The molecule has 0 heterocycles. The topological polar surface area (TPSA) is 91.5 Å². The molecule has 0 saturated carbocycles. The van der Waals surface area contributed by atoms with Crippen molar-refractivity contribution in [3.63, 3.8) is 0 Å². The van der Waals surface area contributed by atoms with Crippen LogP contribution in [0.25, 0.3) is 0 Å². The summed E-state index contributed by atoms with van der Waals surface area (Å²) < 4.78 is 0. The molecule has 4 heavy (non-hydrogen) atoms. The van der Waals surface area contributed by atoms with Gasteiger partial charge in [0.2, 0.25) is 0 Å². The van der Waals surface area contributed by atoms with Gasteiger partial charge >= 0.3 is 45.5 Å². The van der Waals surface area contributed by atoms with E-state index in [9.17, 15) is 0 Å². The van der Waals surface area contributed by atoms with Crippen molar-refractivity contribution >= 4 is 45.5 Å². The summed E-state index contributed by atoms with van der Waals surface area (Å²) >= 11 is 0. The molecule has 0 aromatic carbocycles. The van der Waals surface area contributed by atoms with Crippen molar-refractivity contribution in [3.05, 3.63) is 0 Å². The molecule has 0 radical (unpaired) electrons. The summed E-state index contributed by atoms with van der Waals surface area (Å²) in [6.45, 7) is 0. The van der Waals surface area contributed by atoms with Crippen molar-refractivity contribution in [3.8, 4) is 0 Å². The van der Waals surface area contributed by atoms with Crippen LogP contribution < -0.4 is 0 Å². The van der Waals surface area contributed by atoms with Gasteiger partial charge in [0.05, 0.1) is 0 Å². The maximum absolute atomic E-state index is 0. The fourth-order valence-corrected chi connectivity index (χ4v) is 0. The van der Waals surface area contributed by atoms with E-state index in [-0.39, 0.29) is 61.9 Å². The summed E-state index contributed by atoms with van der Waals surface area (Å²) in [7, 11) is 0. The van der Waals surface area contributed by atoms with Crippen LogP contribution >= 0.6 is 0 Å². The predicted octanol–water partition coefficient (Wildman–Crippen LogP) is -2.15. The van der Waals surface area contributed by atoms with Gasteiger partial charge < -0.3 is 16.4 Å². The third kappa shape index (κ3) is 10.1. The maximum Gasteiger partial charge on any atom is 2.00 e. The van der Waals surface area contributed by atoms with Gasteiger partial charge in [0.1, 0.15) is 0 Å². The molecule has 4 N–H and O–H groups in total. The van der Waals surface area contributed by atoms with Crippen LogP contribution in [-0.4, -0.2) is 56.4 Å². The van der Waals surface area contributed by atoms with Gasteiger partial charge in [-0.1, -0.05) is 0 Å². The minimum Gasteiger partial charge on any atom is -2.00 e. The van der Waals surface area contributed by atoms with Crippen LogP contribution in [0.3, 0.4) is 0 Å². The molecule has 0 aliphatic carbocycles. The average molecular weight is 140 g/mol. The molecule has 0 saturated heterocycles. The van der Waals surface area contributed by atoms with Gasteiger partial charge in [0.15, 0.2) is 0 Å². The van der Waals surface area contributed by atoms with E-state index in [0.29, 0.717) is 0 Å². The Morgan fingerprint density at radius 3 is 0.750 bits per heavy atom. The Morgan fingerprint density at radius 2 is 0.750 bits per heavy atom. The van der Waals surface area contributed by atoms with Gasteiger partial charge in [-0.2, -0.15) is 0 Å². The Balaban J connectivity index is 0. The van der Waals surface area contributed by atoms with Crippen molar-refractivity contribution < 1.29 is 16.4 Å². The summed E-state index contributed by atoms with van der Waals surface area (Å²) in [5, 5.41) is 0. The third-order valence-electron chi connectivity index (χ3n) is 0. The Morgan fingerprint density at radius 1 is 0.750 bits per heavy atom. The van der Waals surface area contributed by atoms with E-state index in [4.69, 9.17) is 0 Å². The molecule has 0 unspecified atom stereocenters. The minimum absolute atomic E-state index is 0. The molecule has 0 bridgehead atoms. The molecule has 0 aliphatic rings. The molecular formula is H4O3Sr. The van der Waals surface area contributed by atoms with Crippen LogP contribution in [0.5, 0.6) is 0 Å². The molecular weight excluding hydrogens is 136 g/mol. The van der Waals surface area contributed by atoms with Gasteiger partial charge in [0.25, 0.3) is 0 Å². The van der Waals surface area contributed by atoms with E-state index in [2.05, 4.69) is 0 Å². The zero-order chi connectivity index (χ0) is 0. The molecule has 0 aromatic heterocycles. The standard InChI is InChI=1S/2H2O.O.Sr/h2*1H2;;/q;;-2;+2. The van der Waals surface area contributed by atoms with Crippen LogP contribution in [0.15, 0.2) is 0 Å². The summed E-state index contributed by atoms with van der Waals surface area (Å²) in [5.41, 5.74) is 0. The van der Waals surface area contributed by atoms with Crippen molar-refractivity contribution in [1.82, 2.24) is 0 Å². The first kappa shape index (κ1) is 55.1. The van der Waals surface area contributed by atoms with Crippen LogP contribution in [0, 0.1) is 0 Å². The van der Waals surface area contributed by atoms with Crippen molar-refractivity contribution in [2.24, 2.45) is 0 Å². The maximum atomic E-state index is 0. The van der Waals surface area contributed by atoms with E-state index in [1.807, 2.05) is 0 Å². The van der Waals surface area contributed by atoms with E-state index in [0.717, 1.165) is 0 Å². The summed E-state index contributed by atoms with van der Waals surface area (Å²) in [4.78, 5) is 0. The Bertz CT molecular complexity index is 3.25. The first-order valence-electron chi connectivity index (χ1n) is 0. The Labute approximate surface area is 61.2 Å². The Hall–Kier alpha value is 1.36. The van der Waals surface area contributed by atoms with E-state index in [1.54, 1.807) is 0 Å². The van der Waals surface area contributed by atoms with Gasteiger partial charge in [0, 0.05) is 0 Å². The second-order valence-corrected chi connectivity index (χ2v) is 0. The molecule has 0 atom stereocenters. The van der Waals surface area contributed by atoms with Crippen molar-refractivity contribution in [1.29, 1.82) is 0 Å². The molecule has 0 spiro atoms. The van der Waals surface area contributed by atoms with Gasteiger partial charge in [-0.05, 0) is 0 Å². The molecule has 0 aromatic rings. The quantitative estimate of drug-likeness (QED) is 0.343.